The predicted octanol–water partition coefficient (Wildman–Crippen LogP) is 3.49. The minimum atomic E-state index is -1.04. The molecule has 5 heteroatoms. The Morgan fingerprint density at radius 3 is 2.30 bits per heavy atom. The molecule has 3 rings (SSSR count). The summed E-state index contributed by atoms with van der Waals surface area (Å²) < 4.78 is 5.12. The van der Waals surface area contributed by atoms with Crippen LogP contribution in [0.2, 0.25) is 5.02 Å². The predicted molar refractivity (Wildman–Crippen MR) is 88.0 cm³/mol. The fourth-order valence-corrected chi connectivity index (χ4v) is 2.88. The van der Waals surface area contributed by atoms with Crippen LogP contribution < -0.4 is 4.74 Å². The number of benzene rings is 2. The van der Waals surface area contributed by atoms with E-state index in [9.17, 15) is 9.90 Å². The topological polar surface area (TPSA) is 66.8 Å². The molecular formula is C18H17ClO4. The van der Waals surface area contributed by atoms with Crippen molar-refractivity contribution < 1.29 is 19.7 Å². The Labute approximate surface area is 139 Å². The van der Waals surface area contributed by atoms with Crippen molar-refractivity contribution in [1.29, 1.82) is 0 Å². The summed E-state index contributed by atoms with van der Waals surface area (Å²) >= 11 is 6.15. The molecule has 0 aliphatic heterocycles. The normalized spacial score (nSPS) is 15.2. The van der Waals surface area contributed by atoms with Crippen molar-refractivity contribution >= 4 is 17.6 Å². The first-order valence-electron chi connectivity index (χ1n) is 7.40. The lowest BCUT2D eigenvalue weighted by Gasteiger charge is -2.13. The number of ether oxygens (including phenoxy) is 1. The molecule has 23 heavy (non-hydrogen) atoms. The van der Waals surface area contributed by atoms with Gasteiger partial charge in [0.05, 0.1) is 11.6 Å². The number of carbonyl (C=O) groups is 1. The average Bonchev–Trinajstić information content (AvgIpc) is 3.35. The van der Waals surface area contributed by atoms with Crippen LogP contribution in [0, 0.1) is 0 Å². The molecular weight excluding hydrogens is 316 g/mol. The van der Waals surface area contributed by atoms with Gasteiger partial charge in [-0.2, -0.15) is 0 Å². The van der Waals surface area contributed by atoms with Gasteiger partial charge in [-0.25, -0.2) is 4.79 Å². The second kappa shape index (κ2) is 6.22. The maximum atomic E-state index is 10.5. The highest BCUT2D eigenvalue weighted by molar-refractivity contribution is 6.32. The van der Waals surface area contributed by atoms with Gasteiger partial charge in [0.25, 0.3) is 0 Å². The Morgan fingerprint density at radius 1 is 1.13 bits per heavy atom. The quantitative estimate of drug-likeness (QED) is 0.849. The first kappa shape index (κ1) is 15.8. The number of aliphatic hydroxyl groups excluding tert-OH is 1. The molecule has 1 aliphatic rings. The summed E-state index contributed by atoms with van der Waals surface area (Å²) in [5, 5.41) is 18.5. The summed E-state index contributed by atoms with van der Waals surface area (Å²) in [4.78, 5) is 10.5. The van der Waals surface area contributed by atoms with E-state index in [2.05, 4.69) is 0 Å². The van der Waals surface area contributed by atoms with Crippen molar-refractivity contribution in [2.45, 2.75) is 18.3 Å². The molecule has 0 saturated heterocycles. The number of halogens is 1. The van der Waals surface area contributed by atoms with Crippen LogP contribution in [0.1, 0.15) is 18.4 Å². The lowest BCUT2D eigenvalue weighted by atomic mass is 9.94. The van der Waals surface area contributed by atoms with Gasteiger partial charge in [-0.15, -0.1) is 0 Å². The molecule has 0 atom stereocenters. The van der Waals surface area contributed by atoms with Crippen LogP contribution >= 0.6 is 11.6 Å². The molecule has 0 heterocycles. The molecule has 2 N–H and O–H groups in total. The van der Waals surface area contributed by atoms with Crippen molar-refractivity contribution in [2.75, 3.05) is 13.2 Å². The van der Waals surface area contributed by atoms with Gasteiger partial charge in [0.2, 0.25) is 0 Å². The lowest BCUT2D eigenvalue weighted by Crippen LogP contribution is -2.11. The van der Waals surface area contributed by atoms with Crippen LogP contribution in [-0.4, -0.2) is 29.4 Å². The van der Waals surface area contributed by atoms with Crippen LogP contribution in [0.5, 0.6) is 5.75 Å². The molecule has 1 fully saturated rings. The van der Waals surface area contributed by atoms with Crippen molar-refractivity contribution in [1.82, 2.24) is 0 Å². The minimum Gasteiger partial charge on any atom is -0.480 e. The molecule has 120 valence electrons. The van der Waals surface area contributed by atoms with Crippen molar-refractivity contribution in [2.24, 2.45) is 0 Å². The van der Waals surface area contributed by atoms with E-state index >= 15 is 0 Å². The van der Waals surface area contributed by atoms with Gasteiger partial charge >= 0.3 is 5.97 Å². The first-order chi connectivity index (χ1) is 11.0. The molecule has 4 nitrogen and oxygen atoms in total. The minimum absolute atomic E-state index is 0.0370. The molecule has 0 bridgehead atoms. The van der Waals surface area contributed by atoms with Crippen LogP contribution in [0.3, 0.4) is 0 Å². The third-order valence-corrected chi connectivity index (χ3v) is 4.57. The van der Waals surface area contributed by atoms with Gasteiger partial charge in [-0.1, -0.05) is 41.9 Å². The van der Waals surface area contributed by atoms with E-state index in [-0.39, 0.29) is 12.0 Å². The largest absolute Gasteiger partial charge is 0.480 e. The van der Waals surface area contributed by atoms with E-state index in [1.807, 2.05) is 30.3 Å². The maximum absolute atomic E-state index is 10.5. The number of carboxylic acid groups (broad SMARTS) is 1. The molecule has 1 aliphatic carbocycles. The fourth-order valence-electron chi connectivity index (χ4n) is 2.64. The van der Waals surface area contributed by atoms with Gasteiger partial charge in [0.1, 0.15) is 5.75 Å². The summed E-state index contributed by atoms with van der Waals surface area (Å²) in [6, 6.07) is 13.4. The summed E-state index contributed by atoms with van der Waals surface area (Å²) in [5.41, 5.74) is 3.06. The number of hydrogen-bond acceptors (Lipinski definition) is 3. The van der Waals surface area contributed by atoms with Crippen LogP contribution in [-0.2, 0) is 10.2 Å². The average molecular weight is 333 g/mol. The second-order valence-electron chi connectivity index (χ2n) is 5.84. The highest BCUT2D eigenvalue weighted by Crippen LogP contribution is 2.47. The van der Waals surface area contributed by atoms with E-state index < -0.39 is 12.6 Å². The smallest absolute Gasteiger partial charge is 0.341 e. The molecule has 1 saturated carbocycles. The molecule has 0 radical (unpaired) electrons. The van der Waals surface area contributed by atoms with Crippen LogP contribution in [0.25, 0.3) is 11.1 Å². The third kappa shape index (κ3) is 3.33. The molecule has 0 unspecified atom stereocenters. The Hall–Kier alpha value is -2.04. The maximum Gasteiger partial charge on any atom is 0.341 e. The Bertz CT molecular complexity index is 720. The molecule has 2 aromatic carbocycles. The van der Waals surface area contributed by atoms with E-state index in [0.29, 0.717) is 10.8 Å². The molecule has 2 aromatic rings. The molecule has 0 spiro atoms. The Kier molecular flexibility index (Phi) is 4.28. The highest BCUT2D eigenvalue weighted by Gasteiger charge is 2.43. The Balaban J connectivity index is 1.79. The molecule has 0 aromatic heterocycles. The van der Waals surface area contributed by atoms with Crippen LogP contribution in [0.4, 0.5) is 0 Å². The number of carboxylic acids is 1. The summed E-state index contributed by atoms with van der Waals surface area (Å²) in [6.07, 6.45) is 2.06. The Morgan fingerprint density at radius 2 is 1.78 bits per heavy atom. The van der Waals surface area contributed by atoms with E-state index in [4.69, 9.17) is 21.4 Å². The van der Waals surface area contributed by atoms with E-state index in [0.717, 1.165) is 29.5 Å². The first-order valence-corrected chi connectivity index (χ1v) is 7.78. The van der Waals surface area contributed by atoms with Gasteiger partial charge in [-0.05, 0) is 41.7 Å². The zero-order valence-electron chi connectivity index (χ0n) is 12.5. The lowest BCUT2D eigenvalue weighted by molar-refractivity contribution is -0.139. The number of hydrogen-bond donors (Lipinski definition) is 2. The van der Waals surface area contributed by atoms with Gasteiger partial charge < -0.3 is 14.9 Å². The number of aliphatic carboxylic acids is 1. The zero-order valence-corrected chi connectivity index (χ0v) is 13.2. The van der Waals surface area contributed by atoms with Gasteiger partial charge in [0.15, 0.2) is 6.61 Å². The van der Waals surface area contributed by atoms with Gasteiger partial charge in [-0.3, -0.25) is 0 Å². The highest BCUT2D eigenvalue weighted by atomic mass is 35.5. The van der Waals surface area contributed by atoms with Crippen molar-refractivity contribution in [3.63, 3.8) is 0 Å². The third-order valence-electron chi connectivity index (χ3n) is 4.27. The van der Waals surface area contributed by atoms with Gasteiger partial charge in [0, 0.05) is 5.41 Å². The summed E-state index contributed by atoms with van der Waals surface area (Å²) in [7, 11) is 0. The number of aliphatic hydroxyl groups is 1. The second-order valence-corrected chi connectivity index (χ2v) is 6.25. The fraction of sp³-hybridized carbons (Fsp3) is 0.278. The zero-order chi connectivity index (χ0) is 16.4. The molecule has 0 amide bonds. The standard InChI is InChI=1S/C18H17ClO4/c19-15-9-13(3-6-16(15)23-10-17(21)22)12-1-4-14(5-2-12)18(11-20)7-8-18/h1-6,9,20H,7-8,10-11H2,(H,21,22). The summed E-state index contributed by atoms with van der Waals surface area (Å²) in [6.45, 7) is -0.231. The monoisotopic (exact) mass is 332 g/mol. The van der Waals surface area contributed by atoms with Crippen molar-refractivity contribution in [3.05, 3.63) is 53.1 Å². The number of rotatable bonds is 6. The summed E-state index contributed by atoms with van der Waals surface area (Å²) in [5.74, 6) is -0.690. The SMILES string of the molecule is O=C(O)COc1ccc(-c2ccc(C3(CO)CC3)cc2)cc1Cl. The van der Waals surface area contributed by atoms with E-state index in [1.54, 1.807) is 12.1 Å². The van der Waals surface area contributed by atoms with E-state index in [1.165, 1.54) is 0 Å². The van der Waals surface area contributed by atoms with Crippen molar-refractivity contribution in [3.8, 4) is 16.9 Å². The van der Waals surface area contributed by atoms with Crippen LogP contribution in [0.15, 0.2) is 42.5 Å².